The van der Waals surface area contributed by atoms with Gasteiger partial charge in [-0.05, 0) is 54.0 Å². The minimum Gasteiger partial charge on any atom is -0.350 e. The second-order valence-electron chi connectivity index (χ2n) is 10.5. The van der Waals surface area contributed by atoms with Gasteiger partial charge >= 0.3 is 0 Å². The number of benzene rings is 3. The summed E-state index contributed by atoms with van der Waals surface area (Å²) in [4.78, 5) is 40.2. The average Bonchev–Trinajstić information content (AvgIpc) is 3.28. The van der Waals surface area contributed by atoms with Gasteiger partial charge in [-0.2, -0.15) is 0 Å². The third-order valence-electron chi connectivity index (χ3n) is 7.86. The van der Waals surface area contributed by atoms with E-state index in [9.17, 15) is 14.4 Å². The van der Waals surface area contributed by atoms with Crippen molar-refractivity contribution in [1.29, 1.82) is 0 Å². The molecule has 2 fully saturated rings. The SMILES string of the molecule is O=C1CC[C@](CCC(=O)N2CCC[C@@H](C(=O)Cc3ccccc3)C2)(Cc2ccc3ccccc3c2)N1. The number of hydrogen-bond donors (Lipinski definition) is 1. The van der Waals surface area contributed by atoms with Gasteiger partial charge in [-0.15, -0.1) is 0 Å². The molecule has 2 aliphatic heterocycles. The fourth-order valence-corrected chi connectivity index (χ4v) is 5.83. The molecule has 3 aromatic carbocycles. The number of ketones is 1. The van der Waals surface area contributed by atoms with Gasteiger partial charge in [-0.3, -0.25) is 14.4 Å². The molecule has 2 saturated heterocycles. The second kappa shape index (κ2) is 10.7. The third kappa shape index (κ3) is 5.67. The maximum absolute atomic E-state index is 13.2. The number of carbonyl (C=O) groups is 3. The first-order valence-electron chi connectivity index (χ1n) is 13.1. The number of piperidine rings is 1. The van der Waals surface area contributed by atoms with Gasteiger partial charge in [0.2, 0.25) is 11.8 Å². The highest BCUT2D eigenvalue weighted by Gasteiger charge is 2.38. The molecule has 36 heavy (non-hydrogen) atoms. The van der Waals surface area contributed by atoms with Crippen molar-refractivity contribution in [1.82, 2.24) is 10.2 Å². The van der Waals surface area contributed by atoms with Crippen LogP contribution >= 0.6 is 0 Å². The Morgan fingerprint density at radius 2 is 1.72 bits per heavy atom. The predicted octanol–water partition coefficient (Wildman–Crippen LogP) is 4.86. The molecule has 5 heteroatoms. The minimum absolute atomic E-state index is 0.0628. The number of fused-ring (bicyclic) bond motifs is 1. The molecule has 186 valence electrons. The summed E-state index contributed by atoms with van der Waals surface area (Å²) in [7, 11) is 0. The summed E-state index contributed by atoms with van der Waals surface area (Å²) in [5.74, 6) is 0.272. The van der Waals surface area contributed by atoms with Crippen molar-refractivity contribution < 1.29 is 14.4 Å². The molecule has 0 saturated carbocycles. The van der Waals surface area contributed by atoms with Crippen LogP contribution in [0.3, 0.4) is 0 Å². The molecule has 0 aliphatic carbocycles. The first-order chi connectivity index (χ1) is 17.5. The maximum atomic E-state index is 13.2. The van der Waals surface area contributed by atoms with Crippen LogP contribution in [-0.2, 0) is 27.2 Å². The van der Waals surface area contributed by atoms with Crippen molar-refractivity contribution in [2.45, 2.75) is 56.9 Å². The number of nitrogens with zero attached hydrogens (tertiary/aromatic N) is 1. The van der Waals surface area contributed by atoms with E-state index in [0.717, 1.165) is 31.2 Å². The molecule has 2 aliphatic rings. The zero-order chi connectivity index (χ0) is 25.0. The Balaban J connectivity index is 1.21. The van der Waals surface area contributed by atoms with Crippen LogP contribution in [0.2, 0.25) is 0 Å². The number of Topliss-reactive ketones (excluding diaryl/α,β-unsaturated/α-hetero) is 1. The van der Waals surface area contributed by atoms with E-state index in [-0.39, 0.29) is 23.5 Å². The highest BCUT2D eigenvalue weighted by atomic mass is 16.2. The molecule has 0 radical (unpaired) electrons. The Hall–Kier alpha value is -3.47. The molecular weight excluding hydrogens is 448 g/mol. The van der Waals surface area contributed by atoms with Crippen LogP contribution in [-0.4, -0.2) is 41.1 Å². The number of carbonyl (C=O) groups excluding carboxylic acids is 3. The van der Waals surface area contributed by atoms with Gasteiger partial charge in [0.15, 0.2) is 0 Å². The minimum atomic E-state index is -0.395. The summed E-state index contributed by atoms with van der Waals surface area (Å²) >= 11 is 0. The van der Waals surface area contributed by atoms with Gasteiger partial charge < -0.3 is 10.2 Å². The quantitative estimate of drug-likeness (QED) is 0.499. The van der Waals surface area contributed by atoms with E-state index >= 15 is 0 Å². The first-order valence-corrected chi connectivity index (χ1v) is 13.1. The lowest BCUT2D eigenvalue weighted by atomic mass is 9.84. The summed E-state index contributed by atoms with van der Waals surface area (Å²) in [5.41, 5.74) is 1.81. The molecule has 0 bridgehead atoms. The average molecular weight is 483 g/mol. The molecule has 0 spiro atoms. The van der Waals surface area contributed by atoms with Crippen molar-refractivity contribution in [3.05, 3.63) is 83.9 Å². The number of amides is 2. The standard InChI is InChI=1S/C31H34N2O3/c34-28(20-23-7-2-1-3-8-23)27-11-6-18-33(22-27)30(36)15-17-31(16-14-29(35)32-31)21-24-12-13-25-9-4-5-10-26(25)19-24/h1-5,7-10,12-13,19,27H,6,11,14-18,20-22H2,(H,32,35)/t27-,31+/m1/s1. The number of nitrogens with one attached hydrogen (secondary N) is 1. The molecule has 0 aromatic heterocycles. The smallest absolute Gasteiger partial charge is 0.222 e. The summed E-state index contributed by atoms with van der Waals surface area (Å²) < 4.78 is 0. The molecule has 5 rings (SSSR count). The Morgan fingerprint density at radius 3 is 2.50 bits per heavy atom. The van der Waals surface area contributed by atoms with Gasteiger partial charge in [0.25, 0.3) is 0 Å². The van der Waals surface area contributed by atoms with Gasteiger partial charge in [-0.25, -0.2) is 0 Å². The van der Waals surface area contributed by atoms with Gasteiger partial charge in [0.1, 0.15) is 5.78 Å². The normalized spacial score (nSPS) is 21.9. The van der Waals surface area contributed by atoms with E-state index in [2.05, 4.69) is 35.6 Å². The van der Waals surface area contributed by atoms with E-state index in [1.54, 1.807) is 0 Å². The van der Waals surface area contributed by atoms with Crippen LogP contribution in [0, 0.1) is 5.92 Å². The molecule has 2 heterocycles. The van der Waals surface area contributed by atoms with E-state index in [4.69, 9.17) is 0 Å². The lowest BCUT2D eigenvalue weighted by Crippen LogP contribution is -2.46. The molecular formula is C31H34N2O3. The third-order valence-corrected chi connectivity index (χ3v) is 7.86. The zero-order valence-corrected chi connectivity index (χ0v) is 20.7. The summed E-state index contributed by atoms with van der Waals surface area (Å²) in [6, 6.07) is 24.5. The van der Waals surface area contributed by atoms with Crippen LogP contribution in [0.5, 0.6) is 0 Å². The maximum Gasteiger partial charge on any atom is 0.222 e. The van der Waals surface area contributed by atoms with Crippen LogP contribution in [0.15, 0.2) is 72.8 Å². The fraction of sp³-hybridized carbons (Fsp3) is 0.387. The van der Waals surface area contributed by atoms with Crippen LogP contribution in [0.4, 0.5) is 0 Å². The lowest BCUT2D eigenvalue weighted by Gasteiger charge is -2.34. The van der Waals surface area contributed by atoms with E-state index < -0.39 is 5.54 Å². The largest absolute Gasteiger partial charge is 0.350 e. The Morgan fingerprint density at radius 1 is 0.944 bits per heavy atom. The fourth-order valence-electron chi connectivity index (χ4n) is 5.83. The van der Waals surface area contributed by atoms with Gasteiger partial charge in [0, 0.05) is 43.8 Å². The van der Waals surface area contributed by atoms with E-state index in [1.165, 1.54) is 16.3 Å². The van der Waals surface area contributed by atoms with E-state index in [0.29, 0.717) is 38.8 Å². The summed E-state index contributed by atoms with van der Waals surface area (Å²) in [6.07, 6.45) is 5.08. The molecule has 2 amide bonds. The molecule has 3 aromatic rings. The predicted molar refractivity (Wildman–Crippen MR) is 141 cm³/mol. The monoisotopic (exact) mass is 482 g/mol. The molecule has 2 atom stereocenters. The Kier molecular flexibility index (Phi) is 7.17. The number of hydrogen-bond acceptors (Lipinski definition) is 3. The van der Waals surface area contributed by atoms with Gasteiger partial charge in [0.05, 0.1) is 0 Å². The van der Waals surface area contributed by atoms with Crippen LogP contribution in [0.1, 0.15) is 49.7 Å². The Labute approximate surface area is 212 Å². The van der Waals surface area contributed by atoms with Crippen LogP contribution in [0.25, 0.3) is 10.8 Å². The first kappa shape index (κ1) is 24.2. The van der Waals surface area contributed by atoms with Crippen molar-refractivity contribution >= 4 is 28.4 Å². The number of rotatable bonds is 8. The topological polar surface area (TPSA) is 66.5 Å². The zero-order valence-electron chi connectivity index (χ0n) is 20.7. The van der Waals surface area contributed by atoms with Crippen LogP contribution < -0.4 is 5.32 Å². The second-order valence-corrected chi connectivity index (χ2v) is 10.5. The highest BCUT2D eigenvalue weighted by Crippen LogP contribution is 2.31. The van der Waals surface area contributed by atoms with E-state index in [1.807, 2.05) is 47.4 Å². The Bertz CT molecular complexity index is 1250. The molecule has 1 N–H and O–H groups in total. The van der Waals surface area contributed by atoms with Crippen molar-refractivity contribution in [3.63, 3.8) is 0 Å². The summed E-state index contributed by atoms with van der Waals surface area (Å²) in [6.45, 7) is 1.21. The van der Waals surface area contributed by atoms with Crippen molar-refractivity contribution in [3.8, 4) is 0 Å². The van der Waals surface area contributed by atoms with Gasteiger partial charge in [-0.1, -0.05) is 72.8 Å². The molecule has 0 unspecified atom stereocenters. The van der Waals surface area contributed by atoms with Crippen molar-refractivity contribution in [2.75, 3.05) is 13.1 Å². The number of likely N-dealkylation sites (tertiary alicyclic amines) is 1. The molecule has 5 nitrogen and oxygen atoms in total. The lowest BCUT2D eigenvalue weighted by molar-refractivity contribution is -0.135. The van der Waals surface area contributed by atoms with Crippen molar-refractivity contribution in [2.24, 2.45) is 5.92 Å². The highest BCUT2D eigenvalue weighted by molar-refractivity contribution is 5.85. The summed E-state index contributed by atoms with van der Waals surface area (Å²) in [5, 5.41) is 5.59.